The number of fused-ring (bicyclic) bond motifs is 1. The van der Waals surface area contributed by atoms with Crippen molar-refractivity contribution in [2.75, 3.05) is 6.61 Å². The Balaban J connectivity index is 2.59. The van der Waals surface area contributed by atoms with Crippen molar-refractivity contribution < 1.29 is 9.84 Å². The molecule has 1 aromatic carbocycles. The number of nitrogens with zero attached hydrogens (tertiary/aromatic N) is 1. The van der Waals surface area contributed by atoms with Crippen molar-refractivity contribution >= 4 is 33.2 Å². The van der Waals surface area contributed by atoms with Crippen molar-refractivity contribution in [2.24, 2.45) is 0 Å². The number of aromatic nitrogens is 1. The summed E-state index contributed by atoms with van der Waals surface area (Å²) in [6.07, 6.45) is 0. The molecule has 5 heteroatoms. The summed E-state index contributed by atoms with van der Waals surface area (Å²) in [6.45, 7) is 2.47. The van der Waals surface area contributed by atoms with Crippen molar-refractivity contribution in [2.45, 2.75) is 6.92 Å². The first kappa shape index (κ1) is 9.55. The molecule has 0 amide bonds. The van der Waals surface area contributed by atoms with E-state index in [9.17, 15) is 5.11 Å². The summed E-state index contributed by atoms with van der Waals surface area (Å²) in [5.41, 5.74) is 0.751. The number of phenolic OH excluding ortho intramolecular Hbond substituents is 1. The Morgan fingerprint density at radius 2 is 2.36 bits per heavy atom. The smallest absolute Gasteiger partial charge is 0.274 e. The maximum atomic E-state index is 9.36. The predicted octanol–water partition coefficient (Wildman–Crippen LogP) is 3.05. The van der Waals surface area contributed by atoms with Gasteiger partial charge in [-0.3, -0.25) is 0 Å². The van der Waals surface area contributed by atoms with Gasteiger partial charge in [0.1, 0.15) is 10.8 Å². The fraction of sp³-hybridized carbons (Fsp3) is 0.222. The molecule has 1 N–H and O–H groups in total. The zero-order chi connectivity index (χ0) is 10.1. The van der Waals surface area contributed by atoms with E-state index in [0.717, 1.165) is 10.2 Å². The third kappa shape index (κ3) is 1.51. The number of rotatable bonds is 2. The first-order valence-electron chi connectivity index (χ1n) is 4.13. The fourth-order valence-electron chi connectivity index (χ4n) is 1.11. The number of thiazole rings is 1. The number of halogens is 1. The predicted molar refractivity (Wildman–Crippen MR) is 57.5 cm³/mol. The zero-order valence-electron chi connectivity index (χ0n) is 7.45. The summed E-state index contributed by atoms with van der Waals surface area (Å²) in [6, 6.07) is 3.25. The minimum absolute atomic E-state index is 0.0749. The Bertz CT molecular complexity index is 469. The van der Waals surface area contributed by atoms with Gasteiger partial charge in [-0.1, -0.05) is 22.9 Å². The first-order valence-corrected chi connectivity index (χ1v) is 5.32. The molecule has 0 radical (unpaired) electrons. The lowest BCUT2D eigenvalue weighted by atomic mass is 10.3. The second-order valence-electron chi connectivity index (χ2n) is 2.66. The minimum atomic E-state index is 0.0749. The van der Waals surface area contributed by atoms with E-state index in [2.05, 4.69) is 4.98 Å². The van der Waals surface area contributed by atoms with Crippen LogP contribution in [0, 0.1) is 0 Å². The van der Waals surface area contributed by atoms with Crippen LogP contribution in [0.3, 0.4) is 0 Å². The maximum Gasteiger partial charge on any atom is 0.274 e. The molecule has 0 saturated heterocycles. The molecule has 14 heavy (non-hydrogen) atoms. The summed E-state index contributed by atoms with van der Waals surface area (Å²) in [5.74, 6) is 0.0749. The summed E-state index contributed by atoms with van der Waals surface area (Å²) < 4.78 is 6.01. The molecule has 3 nitrogen and oxygen atoms in total. The number of hydrogen-bond acceptors (Lipinski definition) is 4. The Morgan fingerprint density at radius 1 is 1.57 bits per heavy atom. The highest BCUT2D eigenvalue weighted by atomic mass is 35.5. The summed E-state index contributed by atoms with van der Waals surface area (Å²) in [4.78, 5) is 4.21. The first-order chi connectivity index (χ1) is 6.72. The van der Waals surface area contributed by atoms with Gasteiger partial charge in [0, 0.05) is 0 Å². The van der Waals surface area contributed by atoms with E-state index in [-0.39, 0.29) is 5.75 Å². The normalized spacial score (nSPS) is 10.7. The fourth-order valence-corrected chi connectivity index (χ4v) is 2.30. The van der Waals surface area contributed by atoms with Gasteiger partial charge in [0.2, 0.25) is 0 Å². The molecule has 2 rings (SSSR count). The highest BCUT2D eigenvalue weighted by Crippen LogP contribution is 2.37. The van der Waals surface area contributed by atoms with Gasteiger partial charge in [0.15, 0.2) is 0 Å². The average Bonchev–Trinajstić information content (AvgIpc) is 2.56. The molecule has 0 aliphatic carbocycles. The van der Waals surface area contributed by atoms with E-state index in [0.29, 0.717) is 16.8 Å². The van der Waals surface area contributed by atoms with E-state index in [4.69, 9.17) is 16.3 Å². The van der Waals surface area contributed by atoms with Crippen LogP contribution in [0.1, 0.15) is 6.92 Å². The van der Waals surface area contributed by atoms with E-state index in [1.165, 1.54) is 17.4 Å². The molecular formula is C9H8ClNO2S. The Hall–Kier alpha value is -1.000. The van der Waals surface area contributed by atoms with Gasteiger partial charge in [0.25, 0.3) is 5.19 Å². The van der Waals surface area contributed by atoms with Gasteiger partial charge in [-0.05, 0) is 19.1 Å². The van der Waals surface area contributed by atoms with Crippen LogP contribution in [0.5, 0.6) is 10.9 Å². The van der Waals surface area contributed by atoms with Crippen LogP contribution in [-0.2, 0) is 0 Å². The van der Waals surface area contributed by atoms with Gasteiger partial charge < -0.3 is 9.84 Å². The largest absolute Gasteiger partial charge is 0.506 e. The van der Waals surface area contributed by atoms with Gasteiger partial charge >= 0.3 is 0 Å². The number of phenols is 1. The van der Waals surface area contributed by atoms with E-state index in [1.807, 2.05) is 6.92 Å². The van der Waals surface area contributed by atoms with E-state index < -0.39 is 0 Å². The number of aromatic hydroxyl groups is 1. The second kappa shape index (κ2) is 3.63. The van der Waals surface area contributed by atoms with Gasteiger partial charge in [0.05, 0.1) is 16.8 Å². The number of hydrogen-bond donors (Lipinski definition) is 1. The molecule has 0 saturated carbocycles. The molecule has 0 atom stereocenters. The summed E-state index contributed by atoms with van der Waals surface area (Å²) in [7, 11) is 0. The van der Waals surface area contributed by atoms with Crippen LogP contribution >= 0.6 is 22.9 Å². The third-order valence-corrected chi connectivity index (χ3v) is 3.22. The Labute approximate surface area is 89.9 Å². The molecule has 1 heterocycles. The molecule has 1 aromatic heterocycles. The molecule has 74 valence electrons. The third-order valence-electron chi connectivity index (χ3n) is 1.72. The molecule has 0 unspecified atom stereocenters. The zero-order valence-corrected chi connectivity index (χ0v) is 9.02. The quantitative estimate of drug-likeness (QED) is 0.861. The molecular weight excluding hydrogens is 222 g/mol. The van der Waals surface area contributed by atoms with Crippen molar-refractivity contribution in [3.05, 3.63) is 17.2 Å². The highest BCUT2D eigenvalue weighted by Gasteiger charge is 2.10. The van der Waals surface area contributed by atoms with Crippen LogP contribution in [0.25, 0.3) is 10.2 Å². The lowest BCUT2D eigenvalue weighted by Gasteiger charge is -1.94. The van der Waals surface area contributed by atoms with Crippen LogP contribution in [0.2, 0.25) is 5.02 Å². The molecule has 2 aromatic rings. The van der Waals surface area contributed by atoms with Crippen molar-refractivity contribution in [1.29, 1.82) is 0 Å². The highest BCUT2D eigenvalue weighted by molar-refractivity contribution is 7.20. The van der Waals surface area contributed by atoms with Gasteiger partial charge in [-0.2, -0.15) is 0 Å². The van der Waals surface area contributed by atoms with Crippen molar-refractivity contribution in [1.82, 2.24) is 4.98 Å². The lowest BCUT2D eigenvalue weighted by Crippen LogP contribution is -1.88. The molecule has 0 bridgehead atoms. The standard InChI is InChI=1S/C9H8ClNO2S/c1-2-13-9-11-5-3-4-6(12)7(10)8(5)14-9/h3-4,12H,2H2,1H3. The molecule has 0 fully saturated rings. The molecule has 0 aliphatic rings. The minimum Gasteiger partial charge on any atom is -0.506 e. The van der Waals surface area contributed by atoms with Crippen LogP contribution in [0.15, 0.2) is 12.1 Å². The van der Waals surface area contributed by atoms with Crippen LogP contribution in [-0.4, -0.2) is 16.7 Å². The Morgan fingerprint density at radius 3 is 3.07 bits per heavy atom. The Kier molecular flexibility index (Phi) is 2.48. The molecule has 0 aliphatic heterocycles. The number of benzene rings is 1. The van der Waals surface area contributed by atoms with Gasteiger partial charge in [-0.15, -0.1) is 0 Å². The topological polar surface area (TPSA) is 42.4 Å². The van der Waals surface area contributed by atoms with Crippen LogP contribution in [0.4, 0.5) is 0 Å². The monoisotopic (exact) mass is 229 g/mol. The number of ether oxygens (including phenoxy) is 1. The second-order valence-corrected chi connectivity index (χ2v) is 4.00. The molecule has 0 spiro atoms. The SMILES string of the molecule is CCOc1nc2ccc(O)c(Cl)c2s1. The van der Waals surface area contributed by atoms with E-state index in [1.54, 1.807) is 6.07 Å². The van der Waals surface area contributed by atoms with Crippen molar-refractivity contribution in [3.8, 4) is 10.9 Å². The van der Waals surface area contributed by atoms with Crippen LogP contribution < -0.4 is 4.74 Å². The maximum absolute atomic E-state index is 9.36. The van der Waals surface area contributed by atoms with Crippen molar-refractivity contribution in [3.63, 3.8) is 0 Å². The lowest BCUT2D eigenvalue weighted by molar-refractivity contribution is 0.339. The summed E-state index contributed by atoms with van der Waals surface area (Å²) >= 11 is 7.24. The summed E-state index contributed by atoms with van der Waals surface area (Å²) in [5, 5.41) is 10.3. The average molecular weight is 230 g/mol. The van der Waals surface area contributed by atoms with E-state index >= 15 is 0 Å². The van der Waals surface area contributed by atoms with Gasteiger partial charge in [-0.25, -0.2) is 4.98 Å².